The third-order valence-corrected chi connectivity index (χ3v) is 7.20. The first kappa shape index (κ1) is 22.9. The number of ether oxygens (including phenoxy) is 1. The Balaban J connectivity index is 1.66. The zero-order valence-electron chi connectivity index (χ0n) is 19.1. The van der Waals surface area contributed by atoms with Gasteiger partial charge in [0.25, 0.3) is 15.9 Å². The average molecular weight is 466 g/mol. The molecule has 0 spiro atoms. The summed E-state index contributed by atoms with van der Waals surface area (Å²) in [6.07, 6.45) is 0. The van der Waals surface area contributed by atoms with E-state index in [1.807, 2.05) is 29.2 Å². The maximum atomic E-state index is 13.4. The van der Waals surface area contributed by atoms with Gasteiger partial charge in [-0.3, -0.25) is 9.69 Å². The zero-order valence-corrected chi connectivity index (χ0v) is 19.9. The molecule has 8 heteroatoms. The summed E-state index contributed by atoms with van der Waals surface area (Å²) >= 11 is 0. The van der Waals surface area contributed by atoms with E-state index in [0.29, 0.717) is 13.1 Å². The summed E-state index contributed by atoms with van der Waals surface area (Å²) in [5, 5.41) is -0.266. The Labute approximate surface area is 194 Å². The third kappa shape index (κ3) is 4.62. The number of rotatable bonds is 6. The Bertz CT molecular complexity index is 1300. The van der Waals surface area contributed by atoms with Crippen LogP contribution in [0.4, 0.5) is 0 Å². The summed E-state index contributed by atoms with van der Waals surface area (Å²) in [4.78, 5) is 19.4. The fourth-order valence-electron chi connectivity index (χ4n) is 4.47. The zero-order chi connectivity index (χ0) is 23.8. The Morgan fingerprint density at radius 2 is 1.79 bits per heavy atom. The van der Waals surface area contributed by atoms with Gasteiger partial charge >= 0.3 is 0 Å². The molecular weight excluding hydrogens is 438 g/mol. The van der Waals surface area contributed by atoms with Crippen molar-refractivity contribution in [2.45, 2.75) is 44.9 Å². The lowest BCUT2D eigenvalue weighted by Crippen LogP contribution is -2.40. The number of carbonyl (C=O) groups is 1. The molecule has 3 aromatic rings. The minimum absolute atomic E-state index is 0.156. The molecule has 1 N–H and O–H groups in total. The first-order chi connectivity index (χ1) is 15.7. The van der Waals surface area contributed by atoms with E-state index in [-0.39, 0.29) is 10.9 Å². The number of methoxy groups -OCH3 is 1. The number of sulfonamides is 1. The van der Waals surface area contributed by atoms with Crippen LogP contribution < -0.4 is 9.46 Å². The number of amides is 1. The van der Waals surface area contributed by atoms with Crippen LogP contribution in [0.2, 0.25) is 0 Å². The SMILES string of the molecule is COc1cccc(S(=O)(=O)NC(=O)C2c3ccccc3CN2Cc2c(C)cc(C)cc2C)n1. The number of aromatic nitrogens is 1. The van der Waals surface area contributed by atoms with Crippen molar-refractivity contribution in [3.63, 3.8) is 0 Å². The van der Waals surface area contributed by atoms with Crippen LogP contribution in [0, 0.1) is 20.8 Å². The molecule has 33 heavy (non-hydrogen) atoms. The summed E-state index contributed by atoms with van der Waals surface area (Å²) in [7, 11) is -2.77. The number of carbonyl (C=O) groups excluding carboxylic acids is 1. The van der Waals surface area contributed by atoms with Crippen molar-refractivity contribution in [1.29, 1.82) is 0 Å². The van der Waals surface area contributed by atoms with Crippen molar-refractivity contribution >= 4 is 15.9 Å². The highest BCUT2D eigenvalue weighted by molar-refractivity contribution is 7.90. The molecule has 1 amide bonds. The summed E-state index contributed by atoms with van der Waals surface area (Å²) in [5.74, 6) is -0.449. The molecule has 1 aliphatic heterocycles. The highest BCUT2D eigenvalue weighted by atomic mass is 32.2. The van der Waals surface area contributed by atoms with Gasteiger partial charge in [0.2, 0.25) is 5.88 Å². The fourth-order valence-corrected chi connectivity index (χ4v) is 5.42. The molecule has 0 saturated heterocycles. The maximum Gasteiger partial charge on any atom is 0.281 e. The minimum atomic E-state index is -4.17. The van der Waals surface area contributed by atoms with Crippen molar-refractivity contribution in [3.05, 3.63) is 88.0 Å². The van der Waals surface area contributed by atoms with Gasteiger partial charge in [-0.15, -0.1) is 0 Å². The monoisotopic (exact) mass is 465 g/mol. The average Bonchev–Trinajstić information content (AvgIpc) is 3.14. The van der Waals surface area contributed by atoms with Crippen molar-refractivity contribution < 1.29 is 17.9 Å². The lowest BCUT2D eigenvalue weighted by Gasteiger charge is -2.26. The molecule has 0 radical (unpaired) electrons. The van der Waals surface area contributed by atoms with Crippen LogP contribution in [0.1, 0.15) is 39.4 Å². The van der Waals surface area contributed by atoms with E-state index in [4.69, 9.17) is 4.74 Å². The van der Waals surface area contributed by atoms with Gasteiger partial charge in [-0.1, -0.05) is 48.0 Å². The van der Waals surface area contributed by atoms with Crippen LogP contribution >= 0.6 is 0 Å². The molecule has 1 aromatic heterocycles. The van der Waals surface area contributed by atoms with Gasteiger partial charge in [-0.25, -0.2) is 4.72 Å². The van der Waals surface area contributed by atoms with Crippen molar-refractivity contribution in [2.75, 3.05) is 7.11 Å². The number of nitrogens with one attached hydrogen (secondary N) is 1. The molecule has 0 fully saturated rings. The first-order valence-electron chi connectivity index (χ1n) is 10.7. The normalized spacial score (nSPS) is 15.8. The Morgan fingerprint density at radius 3 is 2.48 bits per heavy atom. The number of hydrogen-bond donors (Lipinski definition) is 1. The lowest BCUT2D eigenvalue weighted by molar-refractivity contribution is -0.124. The molecule has 1 aliphatic rings. The van der Waals surface area contributed by atoms with E-state index in [0.717, 1.165) is 27.8 Å². The lowest BCUT2D eigenvalue weighted by atomic mass is 9.99. The molecule has 1 unspecified atom stereocenters. The number of pyridine rings is 1. The van der Waals surface area contributed by atoms with Gasteiger partial charge in [-0.2, -0.15) is 13.4 Å². The molecule has 0 bridgehead atoms. The Kier molecular flexibility index (Phi) is 6.23. The number of aryl methyl sites for hydroxylation is 3. The van der Waals surface area contributed by atoms with Gasteiger partial charge in [0.1, 0.15) is 6.04 Å². The van der Waals surface area contributed by atoms with E-state index in [9.17, 15) is 13.2 Å². The second-order valence-corrected chi connectivity index (χ2v) is 10.0. The molecule has 4 rings (SSSR count). The standard InChI is InChI=1S/C25H27N3O4S/c1-16-12-17(2)21(18(3)13-16)15-28-14-19-8-5-6-9-20(19)24(28)25(29)27-33(30,31)23-11-7-10-22(26-23)32-4/h5-13,24H,14-15H2,1-4H3,(H,27,29). The van der Waals surface area contributed by atoms with Gasteiger partial charge in [0.15, 0.2) is 5.03 Å². The highest BCUT2D eigenvalue weighted by Crippen LogP contribution is 2.36. The molecule has 2 heterocycles. The van der Waals surface area contributed by atoms with Crippen molar-refractivity contribution in [2.24, 2.45) is 0 Å². The second kappa shape index (κ2) is 8.96. The molecule has 7 nitrogen and oxygen atoms in total. The number of benzene rings is 2. The van der Waals surface area contributed by atoms with Gasteiger partial charge in [0.05, 0.1) is 7.11 Å². The first-order valence-corrected chi connectivity index (χ1v) is 12.1. The Hall–Kier alpha value is -3.23. The van der Waals surface area contributed by atoms with Gasteiger partial charge in [0, 0.05) is 19.2 Å². The topological polar surface area (TPSA) is 88.6 Å². The summed E-state index contributed by atoms with van der Waals surface area (Å²) in [6, 6.07) is 15.6. The van der Waals surface area contributed by atoms with Crippen molar-refractivity contribution in [3.8, 4) is 5.88 Å². The molecule has 0 saturated carbocycles. The van der Waals surface area contributed by atoms with Crippen LogP contribution in [-0.4, -0.2) is 31.3 Å². The highest BCUT2D eigenvalue weighted by Gasteiger charge is 2.37. The number of fused-ring (bicyclic) bond motifs is 1. The van der Waals surface area contributed by atoms with Crippen LogP contribution in [0.3, 0.4) is 0 Å². The van der Waals surface area contributed by atoms with Crippen LogP contribution in [0.25, 0.3) is 0 Å². The smallest absolute Gasteiger partial charge is 0.281 e. The van der Waals surface area contributed by atoms with E-state index < -0.39 is 22.0 Å². The summed E-state index contributed by atoms with van der Waals surface area (Å²) < 4.78 is 33.1. The second-order valence-electron chi connectivity index (χ2n) is 8.37. The van der Waals surface area contributed by atoms with Crippen molar-refractivity contribution in [1.82, 2.24) is 14.6 Å². The molecular formula is C25H27N3O4S. The van der Waals surface area contributed by atoms with Crippen LogP contribution in [0.15, 0.2) is 59.6 Å². The van der Waals surface area contributed by atoms with Crippen LogP contribution in [0.5, 0.6) is 5.88 Å². The summed E-state index contributed by atoms with van der Waals surface area (Å²) in [5.41, 5.74) is 6.45. The quantitative estimate of drug-likeness (QED) is 0.599. The Morgan fingerprint density at radius 1 is 1.09 bits per heavy atom. The van der Waals surface area contributed by atoms with E-state index >= 15 is 0 Å². The molecule has 1 atom stereocenters. The molecule has 172 valence electrons. The van der Waals surface area contributed by atoms with E-state index in [1.165, 1.54) is 24.8 Å². The number of hydrogen-bond acceptors (Lipinski definition) is 6. The number of nitrogens with zero attached hydrogens (tertiary/aromatic N) is 2. The molecule has 2 aromatic carbocycles. The predicted molar refractivity (Wildman–Crippen MR) is 125 cm³/mol. The summed E-state index contributed by atoms with van der Waals surface area (Å²) in [6.45, 7) is 7.27. The fraction of sp³-hybridized carbons (Fsp3) is 0.280. The third-order valence-electron chi connectivity index (χ3n) is 5.96. The van der Waals surface area contributed by atoms with Crippen LogP contribution in [-0.2, 0) is 27.9 Å². The maximum absolute atomic E-state index is 13.4. The molecule has 0 aliphatic carbocycles. The largest absolute Gasteiger partial charge is 0.481 e. The predicted octanol–water partition coefficient (Wildman–Crippen LogP) is 3.58. The van der Waals surface area contributed by atoms with E-state index in [1.54, 1.807) is 6.07 Å². The minimum Gasteiger partial charge on any atom is -0.481 e. The van der Waals surface area contributed by atoms with Gasteiger partial charge < -0.3 is 4.74 Å². The van der Waals surface area contributed by atoms with E-state index in [2.05, 4.69) is 42.6 Å². The van der Waals surface area contributed by atoms with Gasteiger partial charge in [-0.05, 0) is 54.7 Å².